The van der Waals surface area contributed by atoms with E-state index in [1.54, 1.807) is 12.3 Å². The van der Waals surface area contributed by atoms with Crippen molar-refractivity contribution in [3.8, 4) is 5.88 Å². The molecule has 1 aromatic carbocycles. The first-order valence-corrected chi connectivity index (χ1v) is 8.16. The third kappa shape index (κ3) is 2.83. The van der Waals surface area contributed by atoms with E-state index in [2.05, 4.69) is 9.98 Å². The summed E-state index contributed by atoms with van der Waals surface area (Å²) in [5.74, 6) is -0.352. The first-order chi connectivity index (χ1) is 12.1. The number of nitrogens with one attached hydrogen (secondary N) is 1. The minimum absolute atomic E-state index is 0.0377. The highest BCUT2D eigenvalue weighted by molar-refractivity contribution is 6.21. The maximum Gasteiger partial charge on any atom is 0.331 e. The predicted molar refractivity (Wildman–Crippen MR) is 94.4 cm³/mol. The number of hydrogen-bond acceptors (Lipinski definition) is 5. The lowest BCUT2D eigenvalue weighted by Gasteiger charge is -2.14. The molecular formula is C18H17N3O4. The number of para-hydroxylation sites is 1. The number of aromatic amines is 1. The van der Waals surface area contributed by atoms with Crippen molar-refractivity contribution in [1.29, 1.82) is 0 Å². The van der Waals surface area contributed by atoms with Gasteiger partial charge in [-0.2, -0.15) is 0 Å². The molecule has 1 saturated heterocycles. The summed E-state index contributed by atoms with van der Waals surface area (Å²) in [6.45, 7) is 0.857. The van der Waals surface area contributed by atoms with Crippen molar-refractivity contribution in [2.45, 2.75) is 25.5 Å². The molecular weight excluding hydrogens is 322 g/mol. The number of rotatable bonds is 3. The lowest BCUT2D eigenvalue weighted by Crippen LogP contribution is -2.34. The maximum atomic E-state index is 12.2. The number of H-pyrrole nitrogens is 1. The summed E-state index contributed by atoms with van der Waals surface area (Å²) >= 11 is 0. The average molecular weight is 339 g/mol. The van der Waals surface area contributed by atoms with E-state index in [-0.39, 0.29) is 24.1 Å². The van der Waals surface area contributed by atoms with Crippen molar-refractivity contribution >= 4 is 23.6 Å². The number of nitrogens with zero attached hydrogens (tertiary/aromatic N) is 2. The van der Waals surface area contributed by atoms with Crippen LogP contribution in [0.2, 0.25) is 0 Å². The Labute approximate surface area is 142 Å². The van der Waals surface area contributed by atoms with Gasteiger partial charge in [-0.05, 0) is 25.0 Å². The van der Waals surface area contributed by atoms with Gasteiger partial charge in [0.25, 0.3) is 5.56 Å². The predicted octanol–water partition coefficient (Wildman–Crippen LogP) is 1.68. The van der Waals surface area contributed by atoms with Gasteiger partial charge in [0.1, 0.15) is 5.56 Å². The van der Waals surface area contributed by atoms with Crippen LogP contribution in [0.5, 0.6) is 5.88 Å². The third-order valence-electron chi connectivity index (χ3n) is 4.47. The number of aromatic nitrogens is 2. The van der Waals surface area contributed by atoms with Gasteiger partial charge in [-0.1, -0.05) is 18.2 Å². The topological polar surface area (TPSA) is 96.7 Å². The van der Waals surface area contributed by atoms with E-state index in [0.29, 0.717) is 12.2 Å². The Kier molecular flexibility index (Phi) is 3.85. The molecule has 1 fully saturated rings. The lowest BCUT2D eigenvalue weighted by molar-refractivity contribution is 0.0934. The number of aromatic hydroxyl groups is 1. The fourth-order valence-electron chi connectivity index (χ4n) is 3.18. The van der Waals surface area contributed by atoms with Crippen LogP contribution in [0.3, 0.4) is 0 Å². The lowest BCUT2D eigenvalue weighted by atomic mass is 10.1. The smallest absolute Gasteiger partial charge is 0.331 e. The van der Waals surface area contributed by atoms with E-state index in [0.717, 1.165) is 28.7 Å². The van der Waals surface area contributed by atoms with Crippen molar-refractivity contribution in [3.63, 3.8) is 0 Å². The first kappa shape index (κ1) is 15.6. The molecule has 0 amide bonds. The molecule has 0 saturated carbocycles. The van der Waals surface area contributed by atoms with Gasteiger partial charge in [0.2, 0.25) is 5.88 Å². The standard InChI is InChI=1S/C18H17N3O4/c22-16-14(8-11-9-19-15-6-2-1-5-13(11)15)17(23)21(18(24)20-16)10-12-4-3-7-25-12/h1-2,5-6,8-9,12,23H,3-4,7,10H2,(H,20,22,24)/t12-/m1/s1. The highest BCUT2D eigenvalue weighted by Crippen LogP contribution is 2.32. The molecule has 0 radical (unpaired) electrons. The molecule has 7 nitrogen and oxygen atoms in total. The van der Waals surface area contributed by atoms with Gasteiger partial charge < -0.3 is 9.84 Å². The van der Waals surface area contributed by atoms with Gasteiger partial charge in [-0.25, -0.2) is 4.79 Å². The average Bonchev–Trinajstić information content (AvgIpc) is 3.25. The molecule has 1 atom stereocenters. The summed E-state index contributed by atoms with van der Waals surface area (Å²) in [4.78, 5) is 30.8. The zero-order valence-corrected chi connectivity index (χ0v) is 13.4. The number of aliphatic imine (C=N–C) groups is 1. The molecule has 0 spiro atoms. The van der Waals surface area contributed by atoms with Crippen LogP contribution in [0, 0.1) is 0 Å². The Morgan fingerprint density at radius 2 is 2.20 bits per heavy atom. The number of fused-ring (bicyclic) bond motifs is 1. The second-order valence-corrected chi connectivity index (χ2v) is 6.12. The molecule has 0 bridgehead atoms. The molecule has 2 aliphatic rings. The molecule has 7 heteroatoms. The first-order valence-electron chi connectivity index (χ1n) is 8.16. The highest BCUT2D eigenvalue weighted by atomic mass is 16.5. The van der Waals surface area contributed by atoms with Gasteiger partial charge in [0.05, 0.1) is 18.3 Å². The minimum atomic E-state index is -0.638. The van der Waals surface area contributed by atoms with Crippen LogP contribution in [0.4, 0.5) is 5.69 Å². The van der Waals surface area contributed by atoms with E-state index < -0.39 is 11.2 Å². The second-order valence-electron chi connectivity index (χ2n) is 6.12. The zero-order chi connectivity index (χ0) is 17.4. The van der Waals surface area contributed by atoms with Gasteiger partial charge >= 0.3 is 5.69 Å². The van der Waals surface area contributed by atoms with Crippen molar-refractivity contribution in [1.82, 2.24) is 9.55 Å². The van der Waals surface area contributed by atoms with Crippen LogP contribution in [0.15, 0.2) is 38.8 Å². The maximum absolute atomic E-state index is 12.2. The van der Waals surface area contributed by atoms with E-state index in [4.69, 9.17) is 4.74 Å². The monoisotopic (exact) mass is 339 g/mol. The third-order valence-corrected chi connectivity index (χ3v) is 4.47. The Hall–Kier alpha value is -2.93. The molecule has 2 aromatic rings. The fraction of sp³-hybridized carbons (Fsp3) is 0.278. The quantitative estimate of drug-likeness (QED) is 0.889. The number of benzene rings is 1. The van der Waals surface area contributed by atoms with Crippen molar-refractivity contribution in [3.05, 3.63) is 56.2 Å². The molecule has 4 rings (SSSR count). The Bertz CT molecular complexity index is 994. The largest absolute Gasteiger partial charge is 0.494 e. The van der Waals surface area contributed by atoms with Crippen molar-refractivity contribution < 1.29 is 9.84 Å². The normalized spacial score (nSPS) is 20.3. The molecule has 2 N–H and O–H groups in total. The van der Waals surface area contributed by atoms with Crippen molar-refractivity contribution in [2.24, 2.45) is 4.99 Å². The zero-order valence-electron chi connectivity index (χ0n) is 13.4. The van der Waals surface area contributed by atoms with Gasteiger partial charge in [-0.3, -0.25) is 19.3 Å². The molecule has 3 heterocycles. The number of ether oxygens (including phenoxy) is 1. The van der Waals surface area contributed by atoms with Crippen LogP contribution in [0.25, 0.3) is 11.6 Å². The van der Waals surface area contributed by atoms with E-state index in [9.17, 15) is 14.7 Å². The van der Waals surface area contributed by atoms with Crippen LogP contribution < -0.4 is 11.2 Å². The minimum Gasteiger partial charge on any atom is -0.494 e. The van der Waals surface area contributed by atoms with Gasteiger partial charge in [0, 0.05) is 24.0 Å². The molecule has 128 valence electrons. The second kappa shape index (κ2) is 6.18. The molecule has 2 aliphatic heterocycles. The molecule has 0 aliphatic carbocycles. The van der Waals surface area contributed by atoms with E-state index >= 15 is 0 Å². The van der Waals surface area contributed by atoms with Crippen LogP contribution in [0.1, 0.15) is 24.0 Å². The van der Waals surface area contributed by atoms with Crippen LogP contribution in [-0.2, 0) is 11.3 Å². The van der Waals surface area contributed by atoms with Crippen molar-refractivity contribution in [2.75, 3.05) is 6.61 Å². The Morgan fingerprint density at radius 1 is 1.36 bits per heavy atom. The van der Waals surface area contributed by atoms with Gasteiger partial charge in [0.15, 0.2) is 0 Å². The van der Waals surface area contributed by atoms with Crippen LogP contribution >= 0.6 is 0 Å². The number of allylic oxidation sites excluding steroid dienone is 1. The molecule has 1 aromatic heterocycles. The summed E-state index contributed by atoms with van der Waals surface area (Å²) in [5.41, 5.74) is 1.15. The Balaban J connectivity index is 1.78. The summed E-state index contributed by atoms with van der Waals surface area (Å²) in [6.07, 6.45) is 4.80. The number of hydrogen-bond donors (Lipinski definition) is 2. The van der Waals surface area contributed by atoms with E-state index in [1.165, 1.54) is 0 Å². The Morgan fingerprint density at radius 3 is 3.00 bits per heavy atom. The van der Waals surface area contributed by atoms with E-state index in [1.807, 2.05) is 24.3 Å². The van der Waals surface area contributed by atoms with Gasteiger partial charge in [-0.15, -0.1) is 0 Å². The summed E-state index contributed by atoms with van der Waals surface area (Å²) < 4.78 is 6.67. The van der Waals surface area contributed by atoms with Crippen LogP contribution in [-0.4, -0.2) is 33.6 Å². The SMILES string of the molecule is O=c1[nH]c(=O)n(C[C@H]2CCCO2)c(O)c1C=C1C=Nc2ccccc21. The summed E-state index contributed by atoms with van der Waals surface area (Å²) in [7, 11) is 0. The summed E-state index contributed by atoms with van der Waals surface area (Å²) in [5, 5.41) is 10.5. The molecule has 25 heavy (non-hydrogen) atoms. The summed E-state index contributed by atoms with van der Waals surface area (Å²) in [6, 6.07) is 7.52. The highest BCUT2D eigenvalue weighted by Gasteiger charge is 2.21. The molecule has 0 unspecified atom stereocenters. The fourth-order valence-corrected chi connectivity index (χ4v) is 3.18.